The van der Waals surface area contributed by atoms with Gasteiger partial charge in [0.15, 0.2) is 0 Å². The predicted molar refractivity (Wildman–Crippen MR) is 107 cm³/mol. The van der Waals surface area contributed by atoms with E-state index in [4.69, 9.17) is 11.6 Å². The van der Waals surface area contributed by atoms with Crippen LogP contribution in [0.1, 0.15) is 5.56 Å². The second-order valence-electron chi connectivity index (χ2n) is 6.37. The van der Waals surface area contributed by atoms with Crippen molar-refractivity contribution in [2.24, 2.45) is 0 Å². The smallest absolute Gasteiger partial charge is 0.317 e. The molecular formula is C20H23ClN4O2. The minimum absolute atomic E-state index is 0.0247. The topological polar surface area (TPSA) is 64.7 Å². The van der Waals surface area contributed by atoms with Gasteiger partial charge < -0.3 is 20.4 Å². The SMILES string of the molecule is O=C(CNC(=O)N1CCN(c2ccc(Cl)cc2)CC1)NCc1ccccc1. The molecule has 2 aromatic rings. The Hall–Kier alpha value is -2.73. The van der Waals surface area contributed by atoms with Crippen molar-refractivity contribution >= 4 is 29.2 Å². The molecule has 2 N–H and O–H groups in total. The second-order valence-corrected chi connectivity index (χ2v) is 6.81. The molecule has 0 aromatic heterocycles. The quantitative estimate of drug-likeness (QED) is 0.829. The molecule has 142 valence electrons. The maximum Gasteiger partial charge on any atom is 0.317 e. The fraction of sp³-hybridized carbons (Fsp3) is 0.300. The Morgan fingerprint density at radius 2 is 1.56 bits per heavy atom. The summed E-state index contributed by atoms with van der Waals surface area (Å²) in [7, 11) is 0. The number of amides is 3. The first-order chi connectivity index (χ1) is 13.1. The van der Waals surface area contributed by atoms with E-state index in [-0.39, 0.29) is 18.5 Å². The number of nitrogens with one attached hydrogen (secondary N) is 2. The fourth-order valence-corrected chi connectivity index (χ4v) is 3.07. The van der Waals surface area contributed by atoms with Crippen LogP contribution in [0, 0.1) is 0 Å². The lowest BCUT2D eigenvalue weighted by atomic mass is 10.2. The second kappa shape index (κ2) is 9.28. The van der Waals surface area contributed by atoms with Gasteiger partial charge in [0.1, 0.15) is 0 Å². The van der Waals surface area contributed by atoms with Crippen LogP contribution in [0.25, 0.3) is 0 Å². The summed E-state index contributed by atoms with van der Waals surface area (Å²) < 4.78 is 0. The van der Waals surface area contributed by atoms with Crippen molar-refractivity contribution in [3.8, 4) is 0 Å². The van der Waals surface area contributed by atoms with E-state index in [0.29, 0.717) is 24.7 Å². The first kappa shape index (κ1) is 19.0. The number of carbonyl (C=O) groups excluding carboxylic acids is 2. The van der Waals surface area contributed by atoms with Gasteiger partial charge in [-0.15, -0.1) is 0 Å². The van der Waals surface area contributed by atoms with Gasteiger partial charge in [-0.05, 0) is 29.8 Å². The van der Waals surface area contributed by atoms with Gasteiger partial charge in [-0.1, -0.05) is 41.9 Å². The van der Waals surface area contributed by atoms with Crippen LogP contribution in [0.15, 0.2) is 54.6 Å². The van der Waals surface area contributed by atoms with Crippen molar-refractivity contribution in [1.29, 1.82) is 0 Å². The molecular weight excluding hydrogens is 364 g/mol. The van der Waals surface area contributed by atoms with Crippen LogP contribution in [0.5, 0.6) is 0 Å². The van der Waals surface area contributed by atoms with Crippen LogP contribution in [-0.2, 0) is 11.3 Å². The molecule has 0 radical (unpaired) electrons. The number of hydrogen-bond acceptors (Lipinski definition) is 3. The van der Waals surface area contributed by atoms with Crippen molar-refractivity contribution in [2.45, 2.75) is 6.54 Å². The van der Waals surface area contributed by atoms with Crippen molar-refractivity contribution in [3.63, 3.8) is 0 Å². The number of halogens is 1. The van der Waals surface area contributed by atoms with Crippen molar-refractivity contribution in [3.05, 3.63) is 65.2 Å². The van der Waals surface area contributed by atoms with Crippen molar-refractivity contribution in [1.82, 2.24) is 15.5 Å². The molecule has 0 atom stereocenters. The Morgan fingerprint density at radius 1 is 0.889 bits per heavy atom. The van der Waals surface area contributed by atoms with Gasteiger partial charge >= 0.3 is 6.03 Å². The van der Waals surface area contributed by atoms with E-state index in [1.165, 1.54) is 0 Å². The molecule has 1 aliphatic heterocycles. The number of hydrogen-bond donors (Lipinski definition) is 2. The summed E-state index contributed by atoms with van der Waals surface area (Å²) in [6, 6.07) is 17.1. The number of urea groups is 1. The molecule has 0 aliphatic carbocycles. The molecule has 1 fully saturated rings. The maximum atomic E-state index is 12.3. The predicted octanol–water partition coefficient (Wildman–Crippen LogP) is 2.49. The number of piperazine rings is 1. The zero-order valence-electron chi connectivity index (χ0n) is 15.0. The third-order valence-electron chi connectivity index (χ3n) is 4.49. The lowest BCUT2D eigenvalue weighted by molar-refractivity contribution is -0.120. The molecule has 7 heteroatoms. The van der Waals surface area contributed by atoms with E-state index in [1.54, 1.807) is 4.90 Å². The summed E-state index contributed by atoms with van der Waals surface area (Å²) in [6.07, 6.45) is 0. The van der Waals surface area contributed by atoms with Crippen LogP contribution < -0.4 is 15.5 Å². The van der Waals surface area contributed by atoms with Crippen molar-refractivity contribution < 1.29 is 9.59 Å². The van der Waals surface area contributed by atoms with Gasteiger partial charge in [-0.25, -0.2) is 4.79 Å². The Labute approximate surface area is 164 Å². The summed E-state index contributed by atoms with van der Waals surface area (Å²) >= 11 is 5.92. The Bertz CT molecular complexity index is 759. The normalized spacial score (nSPS) is 14.0. The van der Waals surface area contributed by atoms with Gasteiger partial charge in [-0.3, -0.25) is 4.79 Å². The van der Waals surface area contributed by atoms with Crippen molar-refractivity contribution in [2.75, 3.05) is 37.6 Å². The Balaban J connectivity index is 1.38. The highest BCUT2D eigenvalue weighted by Gasteiger charge is 2.21. The minimum atomic E-state index is -0.208. The third kappa shape index (κ3) is 5.62. The van der Waals surface area contributed by atoms with Gasteiger partial charge in [0.05, 0.1) is 6.54 Å². The largest absolute Gasteiger partial charge is 0.368 e. The average Bonchev–Trinajstić information content (AvgIpc) is 2.72. The van der Waals surface area contributed by atoms with Gasteiger partial charge in [0.25, 0.3) is 0 Å². The number of anilines is 1. The summed E-state index contributed by atoms with van der Waals surface area (Å²) in [5, 5.41) is 6.20. The number of rotatable bonds is 5. The molecule has 1 aliphatic rings. The van der Waals surface area contributed by atoms with Crippen LogP contribution in [-0.4, -0.2) is 49.6 Å². The van der Waals surface area contributed by atoms with E-state index in [9.17, 15) is 9.59 Å². The van der Waals surface area contributed by atoms with Gasteiger partial charge in [0.2, 0.25) is 5.91 Å². The Morgan fingerprint density at radius 3 is 2.22 bits per heavy atom. The average molecular weight is 387 g/mol. The highest BCUT2D eigenvalue weighted by atomic mass is 35.5. The number of carbonyl (C=O) groups is 2. The lowest BCUT2D eigenvalue weighted by Gasteiger charge is -2.36. The van der Waals surface area contributed by atoms with E-state index in [2.05, 4.69) is 15.5 Å². The molecule has 0 unspecified atom stereocenters. The lowest BCUT2D eigenvalue weighted by Crippen LogP contribution is -2.53. The zero-order valence-corrected chi connectivity index (χ0v) is 15.8. The summed E-state index contributed by atoms with van der Waals surface area (Å²) in [5.41, 5.74) is 2.12. The van der Waals surface area contributed by atoms with Gasteiger partial charge in [0, 0.05) is 43.4 Å². The van der Waals surface area contributed by atoms with Crippen LogP contribution in [0.2, 0.25) is 5.02 Å². The minimum Gasteiger partial charge on any atom is -0.368 e. The van der Waals surface area contributed by atoms with E-state index in [0.717, 1.165) is 24.3 Å². The Kier molecular flexibility index (Phi) is 6.54. The fourth-order valence-electron chi connectivity index (χ4n) is 2.95. The molecule has 1 saturated heterocycles. The first-order valence-corrected chi connectivity index (χ1v) is 9.33. The molecule has 0 bridgehead atoms. The molecule has 2 aromatic carbocycles. The molecule has 3 amide bonds. The standard InChI is InChI=1S/C20H23ClN4O2/c21-17-6-8-18(9-7-17)24-10-12-25(13-11-24)20(27)23-15-19(26)22-14-16-4-2-1-3-5-16/h1-9H,10-15H2,(H,22,26)(H,23,27). The summed E-state index contributed by atoms with van der Waals surface area (Å²) in [6.45, 7) is 3.14. The number of benzene rings is 2. The molecule has 0 spiro atoms. The van der Waals surface area contributed by atoms with Crippen LogP contribution >= 0.6 is 11.6 Å². The molecule has 3 rings (SSSR count). The number of nitrogens with zero attached hydrogens (tertiary/aromatic N) is 2. The molecule has 6 nitrogen and oxygen atoms in total. The third-order valence-corrected chi connectivity index (χ3v) is 4.74. The molecule has 1 heterocycles. The van der Waals surface area contributed by atoms with Crippen LogP contribution in [0.3, 0.4) is 0 Å². The molecule has 27 heavy (non-hydrogen) atoms. The summed E-state index contributed by atoms with van der Waals surface area (Å²) in [4.78, 5) is 28.1. The van der Waals surface area contributed by atoms with E-state index in [1.807, 2.05) is 54.6 Å². The molecule has 0 saturated carbocycles. The zero-order chi connectivity index (χ0) is 19.1. The summed E-state index contributed by atoms with van der Waals surface area (Å²) in [5.74, 6) is -0.202. The van der Waals surface area contributed by atoms with E-state index >= 15 is 0 Å². The maximum absolute atomic E-state index is 12.3. The van der Waals surface area contributed by atoms with E-state index < -0.39 is 0 Å². The van der Waals surface area contributed by atoms with Crippen LogP contribution in [0.4, 0.5) is 10.5 Å². The first-order valence-electron chi connectivity index (χ1n) is 8.96. The highest BCUT2D eigenvalue weighted by Crippen LogP contribution is 2.19. The monoisotopic (exact) mass is 386 g/mol. The van der Waals surface area contributed by atoms with Gasteiger partial charge in [-0.2, -0.15) is 0 Å². The highest BCUT2D eigenvalue weighted by molar-refractivity contribution is 6.30.